The first kappa shape index (κ1) is 19.4. The molecular weight excluding hydrogens is 374 g/mol. The Morgan fingerprint density at radius 1 is 1.34 bits per heavy atom. The van der Waals surface area contributed by atoms with E-state index in [1.165, 1.54) is 6.07 Å². The molecule has 0 unspecified atom stereocenters. The zero-order valence-corrected chi connectivity index (χ0v) is 16.6. The number of aromatic amines is 1. The van der Waals surface area contributed by atoms with Gasteiger partial charge in [-0.05, 0) is 18.6 Å². The van der Waals surface area contributed by atoms with Crippen LogP contribution in [0.15, 0.2) is 29.1 Å². The number of nitrogens with zero attached hydrogens (tertiary/aromatic N) is 3. The van der Waals surface area contributed by atoms with Crippen molar-refractivity contribution in [2.45, 2.75) is 38.5 Å². The van der Waals surface area contributed by atoms with E-state index in [1.54, 1.807) is 29.6 Å². The highest BCUT2D eigenvalue weighted by molar-refractivity contribution is 5.81. The number of hydrogen-bond donors (Lipinski definition) is 2. The maximum Gasteiger partial charge on any atom is 0.251 e. The molecule has 2 aliphatic heterocycles. The molecule has 3 atom stereocenters. The number of piperidine rings is 1. The average Bonchev–Trinajstić information content (AvgIpc) is 3.15. The molecule has 4 heterocycles. The van der Waals surface area contributed by atoms with Gasteiger partial charge >= 0.3 is 0 Å². The van der Waals surface area contributed by atoms with Crippen molar-refractivity contribution in [3.05, 3.63) is 51.7 Å². The van der Waals surface area contributed by atoms with Gasteiger partial charge in [-0.25, -0.2) is 0 Å². The third-order valence-electron chi connectivity index (χ3n) is 5.79. The summed E-state index contributed by atoms with van der Waals surface area (Å²) in [5.41, 5.74) is 2.15. The Morgan fingerprint density at radius 3 is 2.93 bits per heavy atom. The third kappa shape index (κ3) is 3.69. The lowest BCUT2D eigenvalue weighted by atomic mass is 9.78. The van der Waals surface area contributed by atoms with Gasteiger partial charge in [-0.2, -0.15) is 5.10 Å². The minimum Gasteiger partial charge on any atom is -0.378 e. The standard InChI is InChI=1S/C20H25N5O4/c1-12(26)24-9-13-6-14(10-24)19(25-17(13)4-3-5-18(25)27)20(28)21-8-15-7-16(11-29-2)23-22-15/h3-5,7,13-14,19H,6,8-11H2,1-2H3,(H,21,28)(H,22,23)/t13-,14+,19-/m1/s1. The van der Waals surface area contributed by atoms with Gasteiger partial charge in [0.05, 0.1) is 24.5 Å². The van der Waals surface area contributed by atoms with Crippen LogP contribution in [-0.2, 0) is 27.5 Å². The highest BCUT2D eigenvalue weighted by Gasteiger charge is 2.44. The molecule has 2 bridgehead atoms. The Balaban J connectivity index is 1.59. The van der Waals surface area contributed by atoms with Crippen LogP contribution in [0.25, 0.3) is 0 Å². The summed E-state index contributed by atoms with van der Waals surface area (Å²) in [7, 11) is 1.59. The van der Waals surface area contributed by atoms with Gasteiger partial charge in [-0.1, -0.05) is 6.07 Å². The summed E-state index contributed by atoms with van der Waals surface area (Å²) in [6.45, 7) is 3.27. The van der Waals surface area contributed by atoms with E-state index in [0.29, 0.717) is 19.7 Å². The van der Waals surface area contributed by atoms with Crippen LogP contribution in [0.5, 0.6) is 0 Å². The van der Waals surface area contributed by atoms with Crippen LogP contribution in [0.4, 0.5) is 0 Å². The smallest absolute Gasteiger partial charge is 0.251 e. The maximum atomic E-state index is 13.2. The van der Waals surface area contributed by atoms with E-state index < -0.39 is 6.04 Å². The third-order valence-corrected chi connectivity index (χ3v) is 5.79. The van der Waals surface area contributed by atoms with Crippen LogP contribution in [0, 0.1) is 5.92 Å². The molecule has 2 N–H and O–H groups in total. The van der Waals surface area contributed by atoms with Crippen LogP contribution in [-0.4, -0.2) is 51.7 Å². The van der Waals surface area contributed by atoms with Crippen molar-refractivity contribution in [1.82, 2.24) is 25.0 Å². The van der Waals surface area contributed by atoms with Crippen molar-refractivity contribution in [2.75, 3.05) is 20.2 Å². The van der Waals surface area contributed by atoms with Gasteiger partial charge in [0.1, 0.15) is 6.04 Å². The number of aromatic nitrogens is 3. The molecule has 2 aliphatic rings. The van der Waals surface area contributed by atoms with Crippen LogP contribution in [0.1, 0.15) is 42.4 Å². The quantitative estimate of drug-likeness (QED) is 0.763. The Labute approximate surface area is 168 Å². The average molecular weight is 399 g/mol. The molecule has 154 valence electrons. The van der Waals surface area contributed by atoms with Crippen LogP contribution in [0.2, 0.25) is 0 Å². The van der Waals surface area contributed by atoms with E-state index in [2.05, 4.69) is 15.5 Å². The SMILES string of the molecule is COCc1cc(CNC(=O)[C@H]2[C@H]3C[C@H](CN(C(C)=O)C3)c3cccc(=O)n32)[nH]n1. The van der Waals surface area contributed by atoms with Gasteiger partial charge in [0.25, 0.3) is 5.56 Å². The van der Waals surface area contributed by atoms with E-state index in [4.69, 9.17) is 4.74 Å². The maximum absolute atomic E-state index is 13.2. The van der Waals surface area contributed by atoms with Crippen LogP contribution in [0.3, 0.4) is 0 Å². The molecule has 0 aromatic carbocycles. The Hall–Kier alpha value is -2.94. The fourth-order valence-electron chi connectivity index (χ4n) is 4.54. The number of pyridine rings is 1. The number of rotatable bonds is 5. The van der Waals surface area contributed by atoms with Crippen molar-refractivity contribution in [1.29, 1.82) is 0 Å². The number of nitrogens with one attached hydrogen (secondary N) is 2. The fraction of sp³-hybridized carbons (Fsp3) is 0.500. The lowest BCUT2D eigenvalue weighted by molar-refractivity contribution is -0.135. The number of carbonyl (C=O) groups is 2. The number of ether oxygens (including phenoxy) is 1. The molecular formula is C20H25N5O4. The highest BCUT2D eigenvalue weighted by atomic mass is 16.5. The number of carbonyl (C=O) groups excluding carboxylic acids is 2. The Morgan fingerprint density at radius 2 is 2.17 bits per heavy atom. The first-order valence-corrected chi connectivity index (χ1v) is 9.74. The second-order valence-corrected chi connectivity index (χ2v) is 7.76. The van der Waals surface area contributed by atoms with E-state index in [0.717, 1.165) is 23.5 Å². The first-order valence-electron chi connectivity index (χ1n) is 9.74. The Kier molecular flexibility index (Phi) is 5.23. The molecule has 29 heavy (non-hydrogen) atoms. The monoisotopic (exact) mass is 399 g/mol. The van der Waals surface area contributed by atoms with Gasteiger partial charge < -0.3 is 15.0 Å². The van der Waals surface area contributed by atoms with Crippen molar-refractivity contribution >= 4 is 11.8 Å². The van der Waals surface area contributed by atoms with Crippen molar-refractivity contribution in [2.24, 2.45) is 5.92 Å². The van der Waals surface area contributed by atoms with Crippen molar-refractivity contribution in [3.8, 4) is 0 Å². The lowest BCUT2D eigenvalue weighted by Gasteiger charge is -2.46. The van der Waals surface area contributed by atoms with E-state index in [1.807, 2.05) is 12.1 Å². The van der Waals surface area contributed by atoms with E-state index in [9.17, 15) is 14.4 Å². The summed E-state index contributed by atoms with van der Waals surface area (Å²) in [5, 5.41) is 9.93. The largest absolute Gasteiger partial charge is 0.378 e. The molecule has 2 amide bonds. The summed E-state index contributed by atoms with van der Waals surface area (Å²) in [6, 6.07) is 6.28. The summed E-state index contributed by atoms with van der Waals surface area (Å²) in [5.74, 6) is -0.263. The number of likely N-dealkylation sites (tertiary alicyclic amines) is 1. The predicted molar refractivity (Wildman–Crippen MR) is 104 cm³/mol. The summed E-state index contributed by atoms with van der Waals surface area (Å²) in [4.78, 5) is 39.6. The Bertz CT molecular complexity index is 981. The van der Waals surface area contributed by atoms with Gasteiger partial charge in [-0.15, -0.1) is 0 Å². The number of methoxy groups -OCH3 is 1. The van der Waals surface area contributed by atoms with Crippen molar-refractivity contribution < 1.29 is 14.3 Å². The minimum atomic E-state index is -0.640. The summed E-state index contributed by atoms with van der Waals surface area (Å²) >= 11 is 0. The van der Waals surface area contributed by atoms with Gasteiger partial charge in [-0.3, -0.25) is 24.0 Å². The molecule has 9 nitrogen and oxygen atoms in total. The fourth-order valence-corrected chi connectivity index (χ4v) is 4.54. The van der Waals surface area contributed by atoms with Crippen LogP contribution < -0.4 is 10.9 Å². The zero-order chi connectivity index (χ0) is 20.5. The topological polar surface area (TPSA) is 109 Å². The lowest BCUT2D eigenvalue weighted by Crippen LogP contribution is -2.54. The van der Waals surface area contributed by atoms with E-state index >= 15 is 0 Å². The summed E-state index contributed by atoms with van der Waals surface area (Å²) < 4.78 is 6.67. The molecule has 2 aromatic rings. The van der Waals surface area contributed by atoms with E-state index in [-0.39, 0.29) is 35.8 Å². The molecule has 0 saturated carbocycles. The molecule has 4 rings (SSSR count). The molecule has 1 saturated heterocycles. The molecule has 9 heteroatoms. The number of fused-ring (bicyclic) bond motifs is 4. The second-order valence-electron chi connectivity index (χ2n) is 7.76. The molecule has 0 spiro atoms. The zero-order valence-electron chi connectivity index (χ0n) is 16.6. The summed E-state index contributed by atoms with van der Waals surface area (Å²) in [6.07, 6.45) is 0.785. The number of amides is 2. The van der Waals surface area contributed by atoms with Gasteiger partial charge in [0.15, 0.2) is 0 Å². The van der Waals surface area contributed by atoms with Gasteiger partial charge in [0, 0.05) is 50.7 Å². The molecule has 0 radical (unpaired) electrons. The normalized spacial score (nSPS) is 22.8. The van der Waals surface area contributed by atoms with Crippen molar-refractivity contribution in [3.63, 3.8) is 0 Å². The molecule has 0 aliphatic carbocycles. The van der Waals surface area contributed by atoms with Crippen LogP contribution >= 0.6 is 0 Å². The second kappa shape index (κ2) is 7.82. The number of H-pyrrole nitrogens is 1. The number of hydrogen-bond acceptors (Lipinski definition) is 5. The minimum absolute atomic E-state index is 0.00582. The van der Waals surface area contributed by atoms with Gasteiger partial charge in [0.2, 0.25) is 11.8 Å². The highest BCUT2D eigenvalue weighted by Crippen LogP contribution is 2.41. The molecule has 1 fully saturated rings. The molecule has 2 aromatic heterocycles. The first-order chi connectivity index (χ1) is 14.0. The predicted octanol–water partition coefficient (Wildman–Crippen LogP) is 0.541.